The van der Waals surface area contributed by atoms with E-state index in [-0.39, 0.29) is 25.2 Å². The number of hydrogen-bond donors (Lipinski definition) is 11. The molecule has 1 saturated heterocycles. The van der Waals surface area contributed by atoms with E-state index in [9.17, 15) is 70.2 Å². The first-order chi connectivity index (χ1) is 30.6. The van der Waals surface area contributed by atoms with Gasteiger partial charge in [0, 0.05) is 50.4 Å². The van der Waals surface area contributed by atoms with Crippen LogP contribution in [0.1, 0.15) is 79.1 Å². The third kappa shape index (κ3) is 21.0. The minimum absolute atomic E-state index is 0.302. The van der Waals surface area contributed by atoms with E-state index in [2.05, 4.69) is 0 Å². The smallest absolute Gasteiger partial charge is 0.311 e. The summed E-state index contributed by atoms with van der Waals surface area (Å²) in [5, 5.41) is 106. The molecule has 0 saturated carbocycles. The number of esters is 1. The molecule has 0 aromatic heterocycles. The number of Topliss-reactive ketones (excluding diaryl/α,β-unsaturated/α-hetero) is 2. The SMILES string of the molecule is CC1/C=C/C=C/C=C/C=C/C=C/C=C/C=C/C(OC2O[C@@H](C)[C@H](O)[C@@H](N)[C@H]2O)CC(O)C(C(=O)O)C(O)CC(=O)CC(O)C(O)CCC(=O)CC(O)CC(O)CC(=O)OC(C)C(C)C1O. The van der Waals surface area contributed by atoms with Crippen molar-refractivity contribution in [3.8, 4) is 0 Å². The Morgan fingerprint density at radius 3 is 1.69 bits per heavy atom. The molecule has 13 unspecified atom stereocenters. The van der Waals surface area contributed by atoms with E-state index in [0.29, 0.717) is 0 Å². The van der Waals surface area contributed by atoms with E-state index in [1.54, 1.807) is 86.8 Å². The number of carbonyl (C=O) groups excluding carboxylic acids is 3. The molecular weight excluding hydrogens is 851 g/mol. The lowest BCUT2D eigenvalue weighted by atomic mass is 9.88. The summed E-state index contributed by atoms with van der Waals surface area (Å²) in [6.45, 7) is 6.66. The van der Waals surface area contributed by atoms with Crippen molar-refractivity contribution in [3.05, 3.63) is 85.1 Å². The average molecular weight is 922 g/mol. The number of ether oxygens (including phenoxy) is 3. The molecule has 12 N–H and O–H groups in total. The molecule has 0 aliphatic carbocycles. The molecule has 65 heavy (non-hydrogen) atoms. The van der Waals surface area contributed by atoms with Crippen LogP contribution in [-0.2, 0) is 33.4 Å². The number of nitrogens with two attached hydrogens (primary N) is 1. The van der Waals surface area contributed by atoms with Gasteiger partial charge in [-0.3, -0.25) is 19.2 Å². The van der Waals surface area contributed by atoms with E-state index in [1.165, 1.54) is 19.1 Å². The Kier molecular flexibility index (Phi) is 26.0. The van der Waals surface area contributed by atoms with Crippen molar-refractivity contribution >= 4 is 23.5 Å². The molecule has 2 aliphatic heterocycles. The van der Waals surface area contributed by atoms with Crippen LogP contribution in [0.5, 0.6) is 0 Å². The fourth-order valence-electron chi connectivity index (χ4n) is 7.16. The summed E-state index contributed by atoms with van der Waals surface area (Å²) >= 11 is 0. The van der Waals surface area contributed by atoms with E-state index in [1.807, 2.05) is 6.92 Å². The third-order valence-corrected chi connectivity index (χ3v) is 11.3. The molecule has 0 aromatic rings. The lowest BCUT2D eigenvalue weighted by molar-refractivity contribution is -0.277. The lowest BCUT2D eigenvalue weighted by Gasteiger charge is -2.41. The largest absolute Gasteiger partial charge is 0.481 e. The second kappa shape index (κ2) is 29.6. The van der Waals surface area contributed by atoms with Crippen LogP contribution in [0, 0.1) is 17.8 Å². The van der Waals surface area contributed by atoms with Crippen LogP contribution in [0.4, 0.5) is 0 Å². The maximum Gasteiger partial charge on any atom is 0.311 e. The zero-order chi connectivity index (χ0) is 48.8. The van der Waals surface area contributed by atoms with Gasteiger partial charge < -0.3 is 71.0 Å². The van der Waals surface area contributed by atoms with Crippen LogP contribution in [-0.4, -0.2) is 160 Å². The zero-order valence-electron chi connectivity index (χ0n) is 37.5. The van der Waals surface area contributed by atoms with Crippen molar-refractivity contribution in [1.82, 2.24) is 0 Å². The van der Waals surface area contributed by atoms with Crippen molar-refractivity contribution < 1.29 is 84.5 Å². The van der Waals surface area contributed by atoms with Gasteiger partial charge in [0.05, 0.1) is 73.5 Å². The summed E-state index contributed by atoms with van der Waals surface area (Å²) < 4.78 is 16.9. The molecule has 0 spiro atoms. The molecule has 0 bridgehead atoms. The van der Waals surface area contributed by atoms with Crippen LogP contribution in [0.2, 0.25) is 0 Å². The fourth-order valence-corrected chi connectivity index (χ4v) is 7.16. The van der Waals surface area contributed by atoms with Gasteiger partial charge in [-0.15, -0.1) is 0 Å². The molecule has 2 rings (SSSR count). The number of aliphatic hydroxyl groups excluding tert-OH is 9. The molecule has 366 valence electrons. The fraction of sp³-hybridized carbons (Fsp3) is 0.617. The predicted molar refractivity (Wildman–Crippen MR) is 237 cm³/mol. The number of ketones is 2. The normalized spacial score (nSPS) is 41.6. The summed E-state index contributed by atoms with van der Waals surface area (Å²) in [6.07, 6.45) is 2.25. The summed E-state index contributed by atoms with van der Waals surface area (Å²) in [7, 11) is 0. The first-order valence-corrected chi connectivity index (χ1v) is 22.0. The molecule has 2 heterocycles. The Morgan fingerprint density at radius 2 is 1.12 bits per heavy atom. The number of aliphatic carboxylic acids is 1. The standard InChI is InChI=1S/C47H71NO17/c1-27-17-15-13-11-9-7-5-6-8-10-12-14-16-18-35(65-47-45(60)42(48)44(59)30(4)64-47)26-39(56)41(46(61)62)38(55)24-34(52)23-37(54)36(53)20-19-31(49)21-32(50)22-33(51)25-40(57)63-29(3)28(2)43(27)58/h5-18,27-30,32-33,35-39,41-45,47,50-51,53-56,58-60H,19-26,48H2,1-4H3,(H,61,62)/b6-5+,9-7+,10-8+,13-11+,14-12+,17-15+,18-16+/t27?,28?,29?,30-,32?,33?,35?,36?,37?,38?,39?,41?,42+,43?,44-,45+,47?/m0/s1. The Morgan fingerprint density at radius 1 is 0.600 bits per heavy atom. The van der Waals surface area contributed by atoms with Gasteiger partial charge in [0.15, 0.2) is 6.29 Å². The molecule has 17 atom stereocenters. The van der Waals surface area contributed by atoms with Gasteiger partial charge in [-0.05, 0) is 20.3 Å². The molecule has 1 fully saturated rings. The van der Waals surface area contributed by atoms with Gasteiger partial charge in [-0.2, -0.15) is 0 Å². The summed E-state index contributed by atoms with van der Waals surface area (Å²) in [4.78, 5) is 50.3. The highest BCUT2D eigenvalue weighted by Gasteiger charge is 2.43. The molecule has 0 amide bonds. The number of carboxylic acids is 1. The molecule has 18 heteroatoms. The van der Waals surface area contributed by atoms with Crippen LogP contribution >= 0.6 is 0 Å². The average Bonchev–Trinajstić information content (AvgIpc) is 3.22. The first kappa shape index (κ1) is 57.1. The molecule has 18 nitrogen and oxygen atoms in total. The predicted octanol–water partition coefficient (Wildman–Crippen LogP) is 0.763. The van der Waals surface area contributed by atoms with E-state index in [0.717, 1.165) is 0 Å². The molecule has 0 aromatic carbocycles. The van der Waals surface area contributed by atoms with E-state index >= 15 is 0 Å². The third-order valence-electron chi connectivity index (χ3n) is 11.3. The topological polar surface area (TPSA) is 324 Å². The van der Waals surface area contributed by atoms with Crippen molar-refractivity contribution in [1.29, 1.82) is 0 Å². The van der Waals surface area contributed by atoms with Gasteiger partial charge >= 0.3 is 11.9 Å². The second-order valence-electron chi connectivity index (χ2n) is 16.9. The van der Waals surface area contributed by atoms with E-state index in [4.69, 9.17) is 19.9 Å². The van der Waals surface area contributed by atoms with Gasteiger partial charge in [0.2, 0.25) is 0 Å². The number of carbonyl (C=O) groups is 4. The maximum absolute atomic E-state index is 12.9. The van der Waals surface area contributed by atoms with E-state index < -0.39 is 153 Å². The number of hydrogen-bond acceptors (Lipinski definition) is 17. The second-order valence-corrected chi connectivity index (χ2v) is 16.9. The highest BCUT2D eigenvalue weighted by molar-refractivity contribution is 5.81. The Labute approximate surface area is 380 Å². The van der Waals surface area contributed by atoms with Crippen molar-refractivity contribution in [2.45, 2.75) is 165 Å². The van der Waals surface area contributed by atoms with Crippen LogP contribution in [0.3, 0.4) is 0 Å². The van der Waals surface area contributed by atoms with Gasteiger partial charge in [-0.25, -0.2) is 0 Å². The number of cyclic esters (lactones) is 1. The number of aliphatic hydroxyl groups is 9. The minimum Gasteiger partial charge on any atom is -0.481 e. The minimum atomic E-state index is -1.97. The Bertz CT molecular complexity index is 1690. The Balaban J connectivity index is 2.29. The summed E-state index contributed by atoms with van der Waals surface area (Å²) in [6, 6.07) is -1.16. The quantitative estimate of drug-likeness (QED) is 0.174. The number of carboxylic acid groups (broad SMARTS) is 1. The van der Waals surface area contributed by atoms with Crippen molar-refractivity contribution in [3.63, 3.8) is 0 Å². The summed E-state index contributed by atoms with van der Waals surface area (Å²) in [5.41, 5.74) is 5.95. The molecular formula is C47H71NO17. The molecule has 0 radical (unpaired) electrons. The van der Waals surface area contributed by atoms with Crippen molar-refractivity contribution in [2.75, 3.05) is 0 Å². The lowest BCUT2D eigenvalue weighted by Crippen LogP contribution is -2.61. The monoisotopic (exact) mass is 921 g/mol. The zero-order valence-corrected chi connectivity index (χ0v) is 37.5. The van der Waals surface area contributed by atoms with Gasteiger partial charge in [0.25, 0.3) is 0 Å². The van der Waals surface area contributed by atoms with Gasteiger partial charge in [0.1, 0.15) is 29.7 Å². The van der Waals surface area contributed by atoms with Gasteiger partial charge in [-0.1, -0.05) is 98.9 Å². The first-order valence-electron chi connectivity index (χ1n) is 22.0. The van der Waals surface area contributed by atoms with Crippen LogP contribution in [0.25, 0.3) is 0 Å². The Hall–Kier alpha value is -4.02. The maximum atomic E-state index is 12.9. The summed E-state index contributed by atoms with van der Waals surface area (Å²) in [5.74, 6) is -6.58. The number of rotatable bonds is 3. The molecule has 2 aliphatic rings. The van der Waals surface area contributed by atoms with Crippen LogP contribution in [0.15, 0.2) is 85.1 Å². The highest BCUT2D eigenvalue weighted by Crippen LogP contribution is 2.26. The van der Waals surface area contributed by atoms with Crippen LogP contribution < -0.4 is 5.73 Å². The van der Waals surface area contributed by atoms with Crippen molar-refractivity contribution in [2.24, 2.45) is 23.5 Å². The highest BCUT2D eigenvalue weighted by atomic mass is 16.7. The number of allylic oxidation sites excluding steroid dienone is 12.